The molecule has 1 unspecified atom stereocenters. The van der Waals surface area contributed by atoms with Crippen molar-refractivity contribution in [3.05, 3.63) is 0 Å². The van der Waals surface area contributed by atoms with Crippen LogP contribution in [-0.2, 0) is 4.79 Å². The summed E-state index contributed by atoms with van der Waals surface area (Å²) in [7, 11) is 0. The lowest BCUT2D eigenvalue weighted by Gasteiger charge is -2.07. The predicted octanol–water partition coefficient (Wildman–Crippen LogP) is 1.46. The molecule has 0 fully saturated rings. The Kier molecular flexibility index (Phi) is 3.20. The fraction of sp³-hybridized carbons (Fsp3) is 0.833. The van der Waals surface area contributed by atoms with Gasteiger partial charge in [0.05, 0.1) is 6.42 Å². The number of hydrogen-bond donors (Lipinski definition) is 1. The highest BCUT2D eigenvalue weighted by molar-refractivity contribution is 5.67. The average molecular weight is 134 g/mol. The van der Waals surface area contributed by atoms with Gasteiger partial charge in [-0.15, -0.1) is 0 Å². The fourth-order valence-electron chi connectivity index (χ4n) is 0.403. The first-order chi connectivity index (χ1) is 4.04. The molecule has 2 nitrogen and oxygen atoms in total. The Morgan fingerprint density at radius 1 is 1.67 bits per heavy atom. The maximum absolute atomic E-state index is 12.4. The molecule has 1 N–H and O–H groups in total. The maximum Gasteiger partial charge on any atom is 0.306 e. The molecular formula is C6H11FO2. The van der Waals surface area contributed by atoms with Crippen LogP contribution in [0, 0.1) is 5.92 Å². The molecule has 0 heterocycles. The molecule has 0 amide bonds. The zero-order chi connectivity index (χ0) is 7.44. The van der Waals surface area contributed by atoms with Crippen molar-refractivity contribution >= 4 is 5.97 Å². The van der Waals surface area contributed by atoms with Crippen LogP contribution in [0.1, 0.15) is 20.3 Å². The van der Waals surface area contributed by atoms with Crippen molar-refractivity contribution < 1.29 is 14.3 Å². The molecule has 1 atom stereocenters. The van der Waals surface area contributed by atoms with Gasteiger partial charge in [-0.1, -0.05) is 13.8 Å². The van der Waals surface area contributed by atoms with Crippen molar-refractivity contribution in [3.8, 4) is 0 Å². The van der Waals surface area contributed by atoms with E-state index in [1.165, 1.54) is 0 Å². The number of hydrogen-bond acceptors (Lipinski definition) is 1. The second kappa shape index (κ2) is 3.43. The summed E-state index contributed by atoms with van der Waals surface area (Å²) < 4.78 is 12.4. The normalized spacial score (nSPS) is 13.8. The van der Waals surface area contributed by atoms with Gasteiger partial charge < -0.3 is 5.11 Å². The topological polar surface area (TPSA) is 37.3 Å². The number of aliphatic carboxylic acids is 1. The molecular weight excluding hydrogens is 123 g/mol. The quantitative estimate of drug-likeness (QED) is 0.634. The summed E-state index contributed by atoms with van der Waals surface area (Å²) in [5, 5.41) is 8.09. The van der Waals surface area contributed by atoms with Gasteiger partial charge in [0.25, 0.3) is 0 Å². The van der Waals surface area contributed by atoms with E-state index in [2.05, 4.69) is 0 Å². The molecule has 0 aliphatic rings. The van der Waals surface area contributed by atoms with Crippen LogP contribution in [0.2, 0.25) is 0 Å². The molecule has 0 spiro atoms. The molecule has 0 aliphatic carbocycles. The zero-order valence-corrected chi connectivity index (χ0v) is 5.60. The van der Waals surface area contributed by atoms with E-state index in [9.17, 15) is 9.18 Å². The van der Waals surface area contributed by atoms with Crippen LogP contribution >= 0.6 is 0 Å². The minimum absolute atomic E-state index is 0.193. The number of halogens is 1. The molecule has 0 bridgehead atoms. The second-order valence-corrected chi connectivity index (χ2v) is 2.36. The third kappa shape index (κ3) is 3.94. The van der Waals surface area contributed by atoms with Gasteiger partial charge in [-0.05, 0) is 5.92 Å². The molecule has 0 rings (SSSR count). The molecule has 0 saturated carbocycles. The fourth-order valence-corrected chi connectivity index (χ4v) is 0.403. The smallest absolute Gasteiger partial charge is 0.306 e. The molecule has 9 heavy (non-hydrogen) atoms. The molecule has 0 aromatic carbocycles. The molecule has 0 aromatic rings. The van der Waals surface area contributed by atoms with Crippen molar-refractivity contribution in [2.75, 3.05) is 0 Å². The monoisotopic (exact) mass is 134 g/mol. The maximum atomic E-state index is 12.4. The van der Waals surface area contributed by atoms with Crippen LogP contribution in [0.5, 0.6) is 0 Å². The van der Waals surface area contributed by atoms with Gasteiger partial charge in [-0.25, -0.2) is 4.39 Å². The van der Waals surface area contributed by atoms with Gasteiger partial charge in [0.15, 0.2) is 0 Å². The summed E-state index contributed by atoms with van der Waals surface area (Å²) >= 11 is 0. The highest BCUT2D eigenvalue weighted by Gasteiger charge is 2.14. The van der Waals surface area contributed by atoms with E-state index in [0.29, 0.717) is 0 Å². The Morgan fingerprint density at radius 3 is 2.22 bits per heavy atom. The SMILES string of the molecule is CC(C)C(F)CC(=O)O. The van der Waals surface area contributed by atoms with Crippen molar-refractivity contribution in [1.82, 2.24) is 0 Å². The summed E-state index contributed by atoms with van der Waals surface area (Å²) in [6.07, 6.45) is -1.58. The van der Waals surface area contributed by atoms with Crippen molar-refractivity contribution in [2.45, 2.75) is 26.4 Å². The highest BCUT2D eigenvalue weighted by Crippen LogP contribution is 2.09. The van der Waals surface area contributed by atoms with Gasteiger partial charge in [-0.2, -0.15) is 0 Å². The summed E-state index contributed by atoms with van der Waals surface area (Å²) in [4.78, 5) is 9.87. The number of carboxylic acids is 1. The molecule has 0 aromatic heterocycles. The Balaban J connectivity index is 3.50. The Bertz CT molecular complexity index is 101. The number of rotatable bonds is 3. The van der Waals surface area contributed by atoms with E-state index in [4.69, 9.17) is 5.11 Å². The molecule has 3 heteroatoms. The van der Waals surface area contributed by atoms with Crippen LogP contribution in [0.25, 0.3) is 0 Å². The van der Waals surface area contributed by atoms with Gasteiger partial charge in [0.2, 0.25) is 0 Å². The first-order valence-electron chi connectivity index (χ1n) is 2.90. The predicted molar refractivity (Wildman–Crippen MR) is 32.0 cm³/mol. The van der Waals surface area contributed by atoms with Crippen molar-refractivity contribution in [2.24, 2.45) is 5.92 Å². The summed E-state index contributed by atoms with van der Waals surface area (Å²) in [6, 6.07) is 0. The summed E-state index contributed by atoms with van der Waals surface area (Å²) in [6.45, 7) is 3.32. The minimum atomic E-state index is -1.21. The summed E-state index contributed by atoms with van der Waals surface area (Å²) in [5.41, 5.74) is 0. The number of alkyl halides is 1. The van der Waals surface area contributed by atoms with Crippen LogP contribution in [0.3, 0.4) is 0 Å². The Labute approximate surface area is 53.7 Å². The average Bonchev–Trinajstić information content (AvgIpc) is 1.63. The van der Waals surface area contributed by atoms with Crippen LogP contribution in [0.15, 0.2) is 0 Å². The lowest BCUT2D eigenvalue weighted by Crippen LogP contribution is -2.14. The Hall–Kier alpha value is -0.600. The molecule has 0 radical (unpaired) electrons. The number of carboxylic acid groups (broad SMARTS) is 1. The standard InChI is InChI=1S/C6H11FO2/c1-4(2)5(7)3-6(8)9/h4-5H,3H2,1-2H3,(H,8,9). The van der Waals surface area contributed by atoms with Crippen LogP contribution < -0.4 is 0 Å². The van der Waals surface area contributed by atoms with E-state index < -0.39 is 12.1 Å². The van der Waals surface area contributed by atoms with Crippen LogP contribution in [0.4, 0.5) is 4.39 Å². The third-order valence-electron chi connectivity index (χ3n) is 1.09. The van der Waals surface area contributed by atoms with E-state index in [-0.39, 0.29) is 12.3 Å². The van der Waals surface area contributed by atoms with E-state index in [0.717, 1.165) is 0 Å². The van der Waals surface area contributed by atoms with Crippen molar-refractivity contribution in [1.29, 1.82) is 0 Å². The first-order valence-corrected chi connectivity index (χ1v) is 2.90. The zero-order valence-electron chi connectivity index (χ0n) is 5.60. The van der Waals surface area contributed by atoms with Gasteiger partial charge in [0, 0.05) is 0 Å². The van der Waals surface area contributed by atoms with Gasteiger partial charge >= 0.3 is 5.97 Å². The number of carbonyl (C=O) groups is 1. The minimum Gasteiger partial charge on any atom is -0.481 e. The second-order valence-electron chi connectivity index (χ2n) is 2.36. The van der Waals surface area contributed by atoms with Crippen molar-refractivity contribution in [3.63, 3.8) is 0 Å². The molecule has 54 valence electrons. The molecule has 0 aliphatic heterocycles. The third-order valence-corrected chi connectivity index (χ3v) is 1.09. The van der Waals surface area contributed by atoms with E-state index in [1.54, 1.807) is 13.8 Å². The van der Waals surface area contributed by atoms with E-state index in [1.807, 2.05) is 0 Å². The van der Waals surface area contributed by atoms with Gasteiger partial charge in [0.1, 0.15) is 6.17 Å². The van der Waals surface area contributed by atoms with Gasteiger partial charge in [-0.3, -0.25) is 4.79 Å². The molecule has 0 saturated heterocycles. The largest absolute Gasteiger partial charge is 0.481 e. The lowest BCUT2D eigenvalue weighted by molar-refractivity contribution is -0.138. The lowest BCUT2D eigenvalue weighted by atomic mass is 10.1. The van der Waals surface area contributed by atoms with E-state index >= 15 is 0 Å². The summed E-state index contributed by atoms with van der Waals surface area (Å²) in [5.74, 6) is -1.27. The highest BCUT2D eigenvalue weighted by atomic mass is 19.1. The first kappa shape index (κ1) is 8.40. The Morgan fingerprint density at radius 2 is 2.11 bits per heavy atom. The van der Waals surface area contributed by atoms with Crippen LogP contribution in [-0.4, -0.2) is 17.2 Å².